The van der Waals surface area contributed by atoms with Crippen LogP contribution in [0.1, 0.15) is 21.6 Å². The number of H-pyrrole nitrogens is 1. The highest BCUT2D eigenvalue weighted by molar-refractivity contribution is 6.06. The summed E-state index contributed by atoms with van der Waals surface area (Å²) >= 11 is 0. The number of aromatic nitrogens is 4. The number of anilines is 1. The predicted molar refractivity (Wildman–Crippen MR) is 161 cm³/mol. The molecule has 0 atom stereocenters. The summed E-state index contributed by atoms with van der Waals surface area (Å²) in [5, 5.41) is 7.84. The standard InChI is InChI=1S/C33H29N5O4/c1-40-25-16-12-22(13-17-25)20-38-30(32(39)36-33-34-27-10-6-7-11-28(27)35-33)31(29(37-38)24-8-4-3-5-9-24)42-21-23-14-18-26(41-2)19-15-23/h3-19H,20-21H2,1-2H3,(H2,34,35,36,39). The zero-order valence-electron chi connectivity index (χ0n) is 23.2. The molecule has 0 aliphatic heterocycles. The molecule has 4 aromatic carbocycles. The number of ether oxygens (including phenoxy) is 3. The first-order valence-corrected chi connectivity index (χ1v) is 13.4. The first-order chi connectivity index (χ1) is 20.6. The van der Waals surface area contributed by atoms with Crippen molar-refractivity contribution in [3.8, 4) is 28.5 Å². The number of carbonyl (C=O) groups excluding carboxylic acids is 1. The normalized spacial score (nSPS) is 10.9. The van der Waals surface area contributed by atoms with Crippen LogP contribution in [0, 0.1) is 0 Å². The third-order valence-electron chi connectivity index (χ3n) is 6.83. The third kappa shape index (κ3) is 5.66. The monoisotopic (exact) mass is 559 g/mol. The van der Waals surface area contributed by atoms with E-state index in [-0.39, 0.29) is 12.3 Å². The van der Waals surface area contributed by atoms with Crippen LogP contribution in [0.3, 0.4) is 0 Å². The van der Waals surface area contributed by atoms with Gasteiger partial charge in [0.15, 0.2) is 11.4 Å². The minimum Gasteiger partial charge on any atom is -0.497 e. The Kier molecular flexibility index (Phi) is 7.54. The van der Waals surface area contributed by atoms with Gasteiger partial charge in [-0.15, -0.1) is 0 Å². The van der Waals surface area contributed by atoms with Gasteiger partial charge in [-0.1, -0.05) is 66.7 Å². The van der Waals surface area contributed by atoms with E-state index in [9.17, 15) is 4.79 Å². The molecule has 0 fully saturated rings. The smallest absolute Gasteiger partial charge is 0.280 e. The lowest BCUT2D eigenvalue weighted by Crippen LogP contribution is -2.20. The molecule has 0 radical (unpaired) electrons. The molecule has 2 aromatic heterocycles. The fourth-order valence-corrected chi connectivity index (χ4v) is 4.66. The molecule has 0 bridgehead atoms. The van der Waals surface area contributed by atoms with Gasteiger partial charge < -0.3 is 19.2 Å². The number of hydrogen-bond acceptors (Lipinski definition) is 6. The predicted octanol–water partition coefficient (Wildman–Crippen LogP) is 6.32. The molecule has 6 rings (SSSR count). The Balaban J connectivity index is 1.42. The number of rotatable bonds is 10. The number of hydrogen-bond donors (Lipinski definition) is 2. The average molecular weight is 560 g/mol. The number of carbonyl (C=O) groups is 1. The number of imidazole rings is 1. The third-order valence-corrected chi connectivity index (χ3v) is 6.83. The number of para-hydroxylation sites is 2. The maximum Gasteiger partial charge on any atom is 0.280 e. The van der Waals surface area contributed by atoms with E-state index in [1.807, 2.05) is 103 Å². The van der Waals surface area contributed by atoms with E-state index in [0.717, 1.165) is 39.2 Å². The number of nitrogens with one attached hydrogen (secondary N) is 2. The summed E-state index contributed by atoms with van der Waals surface area (Å²) in [4.78, 5) is 21.7. The van der Waals surface area contributed by atoms with Crippen LogP contribution >= 0.6 is 0 Å². The van der Waals surface area contributed by atoms with Gasteiger partial charge in [0.05, 0.1) is 31.8 Å². The lowest BCUT2D eigenvalue weighted by molar-refractivity contribution is 0.101. The summed E-state index contributed by atoms with van der Waals surface area (Å²) in [5.41, 5.74) is 5.10. The van der Waals surface area contributed by atoms with Gasteiger partial charge >= 0.3 is 0 Å². The summed E-state index contributed by atoms with van der Waals surface area (Å²) in [6, 6.07) is 32.5. The molecule has 6 aromatic rings. The fourth-order valence-electron chi connectivity index (χ4n) is 4.66. The average Bonchev–Trinajstić information content (AvgIpc) is 3.61. The van der Waals surface area contributed by atoms with Crippen LogP contribution in [-0.2, 0) is 13.2 Å². The number of methoxy groups -OCH3 is 2. The van der Waals surface area contributed by atoms with Gasteiger partial charge in [0.1, 0.15) is 23.8 Å². The van der Waals surface area contributed by atoms with Gasteiger partial charge in [-0.3, -0.25) is 14.8 Å². The van der Waals surface area contributed by atoms with E-state index in [1.165, 1.54) is 0 Å². The largest absolute Gasteiger partial charge is 0.497 e. The number of nitrogens with zero attached hydrogens (tertiary/aromatic N) is 3. The first-order valence-electron chi connectivity index (χ1n) is 13.4. The zero-order chi connectivity index (χ0) is 28.9. The van der Waals surface area contributed by atoms with Crippen molar-refractivity contribution in [2.75, 3.05) is 19.5 Å². The van der Waals surface area contributed by atoms with Crippen molar-refractivity contribution >= 4 is 22.9 Å². The number of fused-ring (bicyclic) bond motifs is 1. The van der Waals surface area contributed by atoms with E-state index >= 15 is 0 Å². The van der Waals surface area contributed by atoms with Crippen molar-refractivity contribution < 1.29 is 19.0 Å². The van der Waals surface area contributed by atoms with Crippen molar-refractivity contribution in [1.82, 2.24) is 19.7 Å². The molecule has 0 saturated carbocycles. The number of amides is 1. The molecular weight excluding hydrogens is 530 g/mol. The van der Waals surface area contributed by atoms with Gasteiger partial charge in [-0.25, -0.2) is 4.98 Å². The van der Waals surface area contributed by atoms with E-state index < -0.39 is 5.91 Å². The van der Waals surface area contributed by atoms with Crippen molar-refractivity contribution in [2.45, 2.75) is 13.2 Å². The highest BCUT2D eigenvalue weighted by Crippen LogP contribution is 2.35. The molecule has 9 nitrogen and oxygen atoms in total. The Morgan fingerprint density at radius 2 is 1.45 bits per heavy atom. The molecule has 0 aliphatic rings. The molecule has 1 amide bonds. The molecule has 2 heterocycles. The van der Waals surface area contributed by atoms with Crippen LogP contribution < -0.4 is 19.5 Å². The SMILES string of the molecule is COc1ccc(COc2c(-c3ccccc3)nn(Cc3ccc(OC)cc3)c2C(=O)Nc2nc3ccccc3[nH]2)cc1. The van der Waals surface area contributed by atoms with E-state index in [1.54, 1.807) is 18.9 Å². The van der Waals surface area contributed by atoms with Crippen molar-refractivity contribution in [3.05, 3.63) is 120 Å². The maximum absolute atomic E-state index is 14.0. The molecule has 0 unspecified atom stereocenters. The Morgan fingerprint density at radius 1 is 0.810 bits per heavy atom. The van der Waals surface area contributed by atoms with Crippen LogP contribution in [0.5, 0.6) is 17.2 Å². The van der Waals surface area contributed by atoms with E-state index in [0.29, 0.717) is 23.9 Å². The van der Waals surface area contributed by atoms with E-state index in [2.05, 4.69) is 15.3 Å². The Morgan fingerprint density at radius 3 is 2.12 bits per heavy atom. The highest BCUT2D eigenvalue weighted by Gasteiger charge is 2.27. The van der Waals surface area contributed by atoms with Gasteiger partial charge in [-0.05, 0) is 47.5 Å². The highest BCUT2D eigenvalue weighted by atomic mass is 16.5. The second-order valence-corrected chi connectivity index (χ2v) is 9.59. The van der Waals surface area contributed by atoms with Crippen molar-refractivity contribution in [1.29, 1.82) is 0 Å². The Bertz CT molecular complexity index is 1780. The lowest BCUT2D eigenvalue weighted by Gasteiger charge is -2.12. The Labute approximate surface area is 242 Å². The van der Waals surface area contributed by atoms with Crippen molar-refractivity contribution in [3.63, 3.8) is 0 Å². The lowest BCUT2D eigenvalue weighted by atomic mass is 10.1. The second-order valence-electron chi connectivity index (χ2n) is 9.59. The van der Waals surface area contributed by atoms with Gasteiger partial charge in [0.2, 0.25) is 5.95 Å². The molecule has 0 aliphatic carbocycles. The maximum atomic E-state index is 14.0. The Hall–Kier alpha value is -5.57. The summed E-state index contributed by atoms with van der Waals surface area (Å²) < 4.78 is 18.7. The zero-order valence-corrected chi connectivity index (χ0v) is 23.2. The molecule has 9 heteroatoms. The minimum absolute atomic E-state index is 0.225. The number of benzene rings is 4. The molecule has 0 spiro atoms. The molecule has 2 N–H and O–H groups in total. The van der Waals surface area contributed by atoms with E-state index in [4.69, 9.17) is 19.3 Å². The van der Waals surface area contributed by atoms with Crippen LogP contribution in [0.2, 0.25) is 0 Å². The summed E-state index contributed by atoms with van der Waals surface area (Å²) in [7, 11) is 3.25. The fraction of sp³-hybridized carbons (Fsp3) is 0.121. The second kappa shape index (κ2) is 11.9. The van der Waals surface area contributed by atoms with Gasteiger partial charge in [-0.2, -0.15) is 5.10 Å². The van der Waals surface area contributed by atoms with Crippen molar-refractivity contribution in [2.24, 2.45) is 0 Å². The quantitative estimate of drug-likeness (QED) is 0.204. The number of aromatic amines is 1. The molecule has 210 valence electrons. The van der Waals surface area contributed by atoms with Gasteiger partial charge in [0.25, 0.3) is 5.91 Å². The van der Waals surface area contributed by atoms with Crippen LogP contribution in [0.4, 0.5) is 5.95 Å². The van der Waals surface area contributed by atoms with Gasteiger partial charge in [0, 0.05) is 5.56 Å². The molecular formula is C33H29N5O4. The van der Waals surface area contributed by atoms with Crippen LogP contribution in [0.15, 0.2) is 103 Å². The molecule has 42 heavy (non-hydrogen) atoms. The van der Waals surface area contributed by atoms with Crippen LogP contribution in [-0.4, -0.2) is 39.9 Å². The summed E-state index contributed by atoms with van der Waals surface area (Å²) in [6.07, 6.45) is 0. The van der Waals surface area contributed by atoms with Crippen LogP contribution in [0.25, 0.3) is 22.3 Å². The first kappa shape index (κ1) is 26.6. The molecule has 0 saturated heterocycles. The topological polar surface area (TPSA) is 103 Å². The summed E-state index contributed by atoms with van der Waals surface area (Å²) in [6.45, 7) is 0.557. The minimum atomic E-state index is -0.401. The summed E-state index contributed by atoms with van der Waals surface area (Å²) in [5.74, 6) is 1.80.